The van der Waals surface area contributed by atoms with Gasteiger partial charge in [-0.15, -0.1) is 0 Å². The molecular weight excluding hydrogens is 118 g/mol. The van der Waals surface area contributed by atoms with Crippen LogP contribution in [0.2, 0.25) is 0 Å². The minimum atomic E-state index is 0.0741. The van der Waals surface area contributed by atoms with E-state index in [-0.39, 0.29) is 6.13 Å². The molecule has 40 valence electrons. The molecule has 1 aliphatic rings. The van der Waals surface area contributed by atoms with Crippen molar-refractivity contribution in [3.8, 4) is 0 Å². The molecule has 0 unspecified atom stereocenters. The van der Waals surface area contributed by atoms with Crippen LogP contribution in [0.15, 0.2) is 36.3 Å². The second-order valence-electron chi connectivity index (χ2n) is 1.60. The van der Waals surface area contributed by atoms with E-state index in [1.165, 1.54) is 0 Å². The Kier molecular flexibility index (Phi) is 1.98. The molecule has 8 heavy (non-hydrogen) atoms. The first-order valence-electron chi connectivity index (χ1n) is 2.55. The van der Waals surface area contributed by atoms with Crippen molar-refractivity contribution < 1.29 is 0 Å². The molecule has 0 saturated heterocycles. The van der Waals surface area contributed by atoms with Gasteiger partial charge >= 0.3 is 6.13 Å². The normalized spacial score (nSPS) is 16.9. The van der Waals surface area contributed by atoms with E-state index in [2.05, 4.69) is 0 Å². The van der Waals surface area contributed by atoms with Crippen molar-refractivity contribution >= 4 is 17.6 Å². The lowest BCUT2D eigenvalue weighted by Crippen LogP contribution is -1.90. The fraction of sp³-hybridized carbons (Fsp3) is 0. The van der Waals surface area contributed by atoms with Crippen LogP contribution >= 0.6 is 11.5 Å². The van der Waals surface area contributed by atoms with Gasteiger partial charge < -0.3 is 0 Å². The fourth-order valence-electron chi connectivity index (χ4n) is 0.533. The van der Waals surface area contributed by atoms with E-state index in [4.69, 9.17) is 11.5 Å². The first-order valence-corrected chi connectivity index (χ1v) is 2.99. The summed E-state index contributed by atoms with van der Waals surface area (Å²) in [6, 6.07) is 0. The van der Waals surface area contributed by atoms with Crippen LogP contribution in [0.25, 0.3) is 0 Å². The molecular formula is C6H6BCl. The van der Waals surface area contributed by atoms with E-state index in [9.17, 15) is 0 Å². The number of rotatable bonds is 0. The Hall–Kier alpha value is -0.425. The zero-order valence-electron chi connectivity index (χ0n) is 4.42. The molecule has 1 rings (SSSR count). The third kappa shape index (κ3) is 1.59. The average molecular weight is 124 g/mol. The summed E-state index contributed by atoms with van der Waals surface area (Å²) in [5, 5.41) is 0. The molecule has 0 atom stereocenters. The van der Waals surface area contributed by atoms with Gasteiger partial charge in [0, 0.05) is 0 Å². The van der Waals surface area contributed by atoms with Crippen LogP contribution in [0.1, 0.15) is 0 Å². The lowest BCUT2D eigenvalue weighted by atomic mass is 9.77. The molecule has 1 heterocycles. The van der Waals surface area contributed by atoms with Crippen molar-refractivity contribution in [2.24, 2.45) is 0 Å². The van der Waals surface area contributed by atoms with Crippen LogP contribution in [0, 0.1) is 0 Å². The first-order chi connectivity index (χ1) is 3.89. The minimum Gasteiger partial charge on any atom is -0.183 e. The predicted molar refractivity (Wildman–Crippen MR) is 39.0 cm³/mol. The smallest absolute Gasteiger partial charge is 0.183 e. The van der Waals surface area contributed by atoms with Crippen molar-refractivity contribution in [2.45, 2.75) is 0 Å². The molecule has 0 spiro atoms. The standard InChI is InChI=1S/C6H6BCl/c8-7-5-3-1-2-4-6-7/h1-6H. The zero-order valence-corrected chi connectivity index (χ0v) is 5.18. The van der Waals surface area contributed by atoms with Crippen LogP contribution in [-0.4, -0.2) is 6.13 Å². The predicted octanol–water partition coefficient (Wildman–Crippen LogP) is 1.98. The molecule has 0 bridgehead atoms. The monoisotopic (exact) mass is 124 g/mol. The van der Waals surface area contributed by atoms with E-state index in [1.807, 2.05) is 36.3 Å². The first kappa shape index (κ1) is 5.71. The van der Waals surface area contributed by atoms with Crippen LogP contribution in [0.5, 0.6) is 0 Å². The highest BCUT2D eigenvalue weighted by atomic mass is 35.5. The van der Waals surface area contributed by atoms with Gasteiger partial charge in [-0.05, 0) is 0 Å². The summed E-state index contributed by atoms with van der Waals surface area (Å²) in [7, 11) is 0. The Balaban J connectivity index is 2.66. The van der Waals surface area contributed by atoms with Crippen molar-refractivity contribution in [3.63, 3.8) is 0 Å². The number of hydrogen-bond acceptors (Lipinski definition) is 0. The van der Waals surface area contributed by atoms with E-state index in [0.29, 0.717) is 0 Å². The second kappa shape index (κ2) is 2.78. The van der Waals surface area contributed by atoms with Gasteiger partial charge in [-0.25, -0.2) is 0 Å². The zero-order chi connectivity index (χ0) is 5.82. The molecule has 1 aliphatic heterocycles. The van der Waals surface area contributed by atoms with Gasteiger partial charge in [-0.3, -0.25) is 0 Å². The summed E-state index contributed by atoms with van der Waals surface area (Å²) in [6.45, 7) is 0. The van der Waals surface area contributed by atoms with Gasteiger partial charge in [0.25, 0.3) is 0 Å². The van der Waals surface area contributed by atoms with Gasteiger partial charge in [0.05, 0.1) is 0 Å². The molecule has 0 aromatic rings. The largest absolute Gasteiger partial charge is 0.300 e. The molecule has 0 N–H and O–H groups in total. The van der Waals surface area contributed by atoms with E-state index >= 15 is 0 Å². The number of allylic oxidation sites excluding steroid dienone is 4. The van der Waals surface area contributed by atoms with Crippen molar-refractivity contribution in [3.05, 3.63) is 36.3 Å². The van der Waals surface area contributed by atoms with E-state index < -0.39 is 0 Å². The quantitative estimate of drug-likeness (QED) is 0.433. The lowest BCUT2D eigenvalue weighted by Gasteiger charge is -1.81. The number of halogens is 1. The highest BCUT2D eigenvalue weighted by Crippen LogP contribution is 1.98. The summed E-state index contributed by atoms with van der Waals surface area (Å²) >= 11 is 5.71. The molecule has 0 fully saturated rings. The van der Waals surface area contributed by atoms with Crippen LogP contribution in [-0.2, 0) is 0 Å². The second-order valence-corrected chi connectivity index (χ2v) is 2.10. The summed E-state index contributed by atoms with van der Waals surface area (Å²) in [5.74, 6) is 3.86. The third-order valence-electron chi connectivity index (χ3n) is 0.923. The molecule has 0 saturated carbocycles. The van der Waals surface area contributed by atoms with Gasteiger partial charge in [-0.1, -0.05) is 36.3 Å². The van der Waals surface area contributed by atoms with Crippen LogP contribution in [0.4, 0.5) is 0 Å². The molecule has 2 heteroatoms. The molecule has 0 radical (unpaired) electrons. The summed E-state index contributed by atoms with van der Waals surface area (Å²) in [4.78, 5) is 0. The lowest BCUT2D eigenvalue weighted by molar-refractivity contribution is 1.98. The Morgan fingerprint density at radius 1 is 0.875 bits per heavy atom. The van der Waals surface area contributed by atoms with Gasteiger partial charge in [0.1, 0.15) is 0 Å². The summed E-state index contributed by atoms with van der Waals surface area (Å²) in [6.07, 6.45) is 7.87. The maximum Gasteiger partial charge on any atom is 0.300 e. The third-order valence-corrected chi connectivity index (χ3v) is 1.21. The van der Waals surface area contributed by atoms with Crippen molar-refractivity contribution in [1.82, 2.24) is 0 Å². The molecule has 0 nitrogen and oxygen atoms in total. The van der Waals surface area contributed by atoms with Crippen molar-refractivity contribution in [2.75, 3.05) is 0 Å². The van der Waals surface area contributed by atoms with Gasteiger partial charge in [0.15, 0.2) is 0 Å². The average Bonchev–Trinajstić information content (AvgIpc) is 1.94. The molecule has 0 aromatic carbocycles. The highest BCUT2D eigenvalue weighted by Gasteiger charge is 1.97. The summed E-state index contributed by atoms with van der Waals surface area (Å²) in [5.41, 5.74) is 0. The maximum atomic E-state index is 5.71. The maximum absolute atomic E-state index is 5.71. The van der Waals surface area contributed by atoms with E-state index in [1.54, 1.807) is 0 Å². The minimum absolute atomic E-state index is 0.0741. The SMILES string of the molecule is ClB1C=CC=CC=C1. The molecule has 0 aliphatic carbocycles. The van der Waals surface area contributed by atoms with Gasteiger partial charge in [-0.2, -0.15) is 11.5 Å². The van der Waals surface area contributed by atoms with E-state index in [0.717, 1.165) is 0 Å². The Morgan fingerprint density at radius 2 is 1.38 bits per heavy atom. The molecule has 0 aromatic heterocycles. The highest BCUT2D eigenvalue weighted by molar-refractivity contribution is 7.12. The molecule has 0 amide bonds. The Labute approximate surface area is 54.5 Å². The van der Waals surface area contributed by atoms with Crippen LogP contribution in [0.3, 0.4) is 0 Å². The van der Waals surface area contributed by atoms with Crippen molar-refractivity contribution in [1.29, 1.82) is 0 Å². The Morgan fingerprint density at radius 3 is 1.88 bits per heavy atom. The topological polar surface area (TPSA) is 0 Å². The fourth-order valence-corrected chi connectivity index (χ4v) is 0.701. The van der Waals surface area contributed by atoms with Crippen LogP contribution < -0.4 is 0 Å². The Bertz CT molecular complexity index is 131. The number of hydrogen-bond donors (Lipinski definition) is 0. The van der Waals surface area contributed by atoms with Gasteiger partial charge in [0.2, 0.25) is 0 Å². The summed E-state index contributed by atoms with van der Waals surface area (Å²) < 4.78 is 0.